The molecular weight excluding hydrogens is 362 g/mol. The number of thiazole rings is 1. The Morgan fingerprint density at radius 3 is 2.72 bits per heavy atom. The fourth-order valence-corrected chi connectivity index (χ4v) is 3.51. The zero-order valence-electron chi connectivity index (χ0n) is 13.3. The summed E-state index contributed by atoms with van der Waals surface area (Å²) in [4.78, 5) is 17.2. The summed E-state index contributed by atoms with van der Waals surface area (Å²) in [6.45, 7) is 2.00. The zero-order chi connectivity index (χ0) is 17.8. The van der Waals surface area contributed by atoms with Gasteiger partial charge in [0.25, 0.3) is 0 Å². The van der Waals surface area contributed by atoms with Crippen molar-refractivity contribution in [3.63, 3.8) is 0 Å². The van der Waals surface area contributed by atoms with E-state index in [4.69, 9.17) is 0 Å². The molecule has 0 saturated carbocycles. The van der Waals surface area contributed by atoms with Gasteiger partial charge < -0.3 is 5.32 Å². The van der Waals surface area contributed by atoms with Gasteiger partial charge in [0.2, 0.25) is 5.91 Å². The molecule has 0 aliphatic rings. The minimum Gasteiger partial charge on any atom is -0.301 e. The smallest absolute Gasteiger partial charge is 0.236 e. The number of hydrogen-bond donors (Lipinski definition) is 1. The van der Waals surface area contributed by atoms with Gasteiger partial charge in [0.15, 0.2) is 5.13 Å². The number of rotatable bonds is 5. The van der Waals surface area contributed by atoms with E-state index in [1.807, 2.05) is 31.2 Å². The van der Waals surface area contributed by atoms with Crippen molar-refractivity contribution in [1.82, 2.24) is 4.98 Å². The molecule has 25 heavy (non-hydrogen) atoms. The highest BCUT2D eigenvalue weighted by molar-refractivity contribution is 8.00. The molecule has 0 unspecified atom stereocenters. The fraction of sp³-hybridized carbons (Fsp3) is 0.111. The van der Waals surface area contributed by atoms with E-state index in [9.17, 15) is 13.6 Å². The topological polar surface area (TPSA) is 42.0 Å². The maximum absolute atomic E-state index is 13.8. The van der Waals surface area contributed by atoms with Crippen LogP contribution in [0.25, 0.3) is 11.3 Å². The van der Waals surface area contributed by atoms with Crippen LogP contribution < -0.4 is 5.32 Å². The summed E-state index contributed by atoms with van der Waals surface area (Å²) < 4.78 is 27.0. The number of carbonyl (C=O) groups excluding carboxylic acids is 1. The number of thioether (sulfide) groups is 1. The molecular formula is C18H14F2N2OS2. The average molecular weight is 376 g/mol. The van der Waals surface area contributed by atoms with Crippen molar-refractivity contribution in [2.24, 2.45) is 0 Å². The predicted octanol–water partition coefficient (Wildman–Crippen LogP) is 5.13. The van der Waals surface area contributed by atoms with E-state index in [-0.39, 0.29) is 17.2 Å². The maximum atomic E-state index is 13.8. The van der Waals surface area contributed by atoms with Crippen LogP contribution in [-0.2, 0) is 4.79 Å². The quantitative estimate of drug-likeness (QED) is 0.628. The lowest BCUT2D eigenvalue weighted by Gasteiger charge is -2.03. The standard InChI is InChI=1S/C18H14F2N2OS2/c1-11-2-5-13(6-3-11)24-10-17(23)22-18-21-16(9-25-18)14-8-12(19)4-7-15(14)20/h2-9H,10H2,1H3,(H,21,22,23). The van der Waals surface area contributed by atoms with E-state index in [1.165, 1.54) is 23.1 Å². The molecule has 128 valence electrons. The largest absolute Gasteiger partial charge is 0.301 e. The van der Waals surface area contributed by atoms with Gasteiger partial charge in [-0.1, -0.05) is 17.7 Å². The number of anilines is 1. The van der Waals surface area contributed by atoms with Crippen molar-refractivity contribution in [2.45, 2.75) is 11.8 Å². The number of aromatic nitrogens is 1. The third-order valence-corrected chi connectivity index (χ3v) is 5.12. The Labute approximate surface area is 152 Å². The van der Waals surface area contributed by atoms with Gasteiger partial charge in [-0.15, -0.1) is 23.1 Å². The molecule has 1 heterocycles. The van der Waals surface area contributed by atoms with Crippen molar-refractivity contribution in [3.8, 4) is 11.3 Å². The second-order valence-electron chi connectivity index (χ2n) is 5.31. The summed E-state index contributed by atoms with van der Waals surface area (Å²) in [5, 5.41) is 4.62. The van der Waals surface area contributed by atoms with Gasteiger partial charge in [0.05, 0.1) is 11.4 Å². The normalized spacial score (nSPS) is 10.7. The Morgan fingerprint density at radius 2 is 1.96 bits per heavy atom. The lowest BCUT2D eigenvalue weighted by Crippen LogP contribution is -2.13. The van der Waals surface area contributed by atoms with Crippen LogP contribution >= 0.6 is 23.1 Å². The number of nitrogens with one attached hydrogen (secondary N) is 1. The van der Waals surface area contributed by atoms with Crippen LogP contribution in [-0.4, -0.2) is 16.6 Å². The first-order valence-corrected chi connectivity index (χ1v) is 9.28. The average Bonchev–Trinajstić information content (AvgIpc) is 3.05. The van der Waals surface area contributed by atoms with Gasteiger partial charge >= 0.3 is 0 Å². The molecule has 1 N–H and O–H groups in total. The molecule has 7 heteroatoms. The number of halogens is 2. The molecule has 1 aromatic heterocycles. The first-order valence-electron chi connectivity index (χ1n) is 7.41. The lowest BCUT2D eigenvalue weighted by atomic mass is 10.1. The second-order valence-corrected chi connectivity index (χ2v) is 7.22. The van der Waals surface area contributed by atoms with Crippen LogP contribution in [0, 0.1) is 18.6 Å². The van der Waals surface area contributed by atoms with Gasteiger partial charge in [-0.2, -0.15) is 0 Å². The highest BCUT2D eigenvalue weighted by atomic mass is 32.2. The second kappa shape index (κ2) is 7.76. The first kappa shape index (κ1) is 17.6. The number of hydrogen-bond acceptors (Lipinski definition) is 4. The van der Waals surface area contributed by atoms with Gasteiger partial charge in [-0.25, -0.2) is 13.8 Å². The summed E-state index contributed by atoms with van der Waals surface area (Å²) in [7, 11) is 0. The molecule has 0 spiro atoms. The van der Waals surface area contributed by atoms with Gasteiger partial charge in [-0.3, -0.25) is 4.79 Å². The van der Waals surface area contributed by atoms with E-state index in [1.54, 1.807) is 5.38 Å². The highest BCUT2D eigenvalue weighted by Crippen LogP contribution is 2.28. The molecule has 2 aromatic carbocycles. The number of carbonyl (C=O) groups is 1. The van der Waals surface area contributed by atoms with Gasteiger partial charge in [-0.05, 0) is 37.3 Å². The van der Waals surface area contributed by atoms with Crippen molar-refractivity contribution in [2.75, 3.05) is 11.1 Å². The minimum atomic E-state index is -0.556. The third-order valence-electron chi connectivity index (χ3n) is 3.35. The summed E-state index contributed by atoms with van der Waals surface area (Å²) in [6, 6.07) is 11.1. The lowest BCUT2D eigenvalue weighted by molar-refractivity contribution is -0.113. The van der Waals surface area contributed by atoms with Crippen molar-refractivity contribution < 1.29 is 13.6 Å². The minimum absolute atomic E-state index is 0.0748. The molecule has 0 fully saturated rings. The third kappa shape index (κ3) is 4.64. The van der Waals surface area contributed by atoms with Crippen LogP contribution in [0.5, 0.6) is 0 Å². The Morgan fingerprint density at radius 1 is 1.20 bits per heavy atom. The predicted molar refractivity (Wildman–Crippen MR) is 98.0 cm³/mol. The summed E-state index contributed by atoms with van der Waals surface area (Å²) in [5.74, 6) is -1.05. The molecule has 3 rings (SSSR count). The Hall–Kier alpha value is -2.25. The number of benzene rings is 2. The Balaban J connectivity index is 1.62. The van der Waals surface area contributed by atoms with Crippen molar-refractivity contribution >= 4 is 34.1 Å². The van der Waals surface area contributed by atoms with Gasteiger partial charge in [0, 0.05) is 15.8 Å². The number of aryl methyl sites for hydroxylation is 1. The van der Waals surface area contributed by atoms with E-state index in [0.717, 1.165) is 28.7 Å². The molecule has 0 saturated heterocycles. The van der Waals surface area contributed by atoms with Crippen LogP contribution in [0.15, 0.2) is 52.7 Å². The van der Waals surface area contributed by atoms with E-state index in [0.29, 0.717) is 10.8 Å². The summed E-state index contributed by atoms with van der Waals surface area (Å²) >= 11 is 2.59. The highest BCUT2D eigenvalue weighted by Gasteiger charge is 2.12. The van der Waals surface area contributed by atoms with Crippen LogP contribution in [0.1, 0.15) is 5.56 Å². The molecule has 0 aliphatic carbocycles. The van der Waals surface area contributed by atoms with E-state index in [2.05, 4.69) is 10.3 Å². The maximum Gasteiger partial charge on any atom is 0.236 e. The zero-order valence-corrected chi connectivity index (χ0v) is 14.9. The Kier molecular flexibility index (Phi) is 5.45. The number of nitrogens with zero attached hydrogens (tertiary/aromatic N) is 1. The van der Waals surface area contributed by atoms with E-state index >= 15 is 0 Å². The van der Waals surface area contributed by atoms with Crippen molar-refractivity contribution in [3.05, 3.63) is 65.0 Å². The molecule has 0 atom stereocenters. The summed E-state index contributed by atoms with van der Waals surface area (Å²) in [6.07, 6.45) is 0. The SMILES string of the molecule is Cc1ccc(SCC(=O)Nc2nc(-c3cc(F)ccc3F)cs2)cc1. The fourth-order valence-electron chi connectivity index (χ4n) is 2.09. The van der Waals surface area contributed by atoms with Crippen LogP contribution in [0.2, 0.25) is 0 Å². The Bertz CT molecular complexity index is 894. The monoisotopic (exact) mass is 376 g/mol. The molecule has 0 radical (unpaired) electrons. The number of amides is 1. The molecule has 1 amide bonds. The van der Waals surface area contributed by atoms with Crippen LogP contribution in [0.4, 0.5) is 13.9 Å². The van der Waals surface area contributed by atoms with Gasteiger partial charge in [0.1, 0.15) is 11.6 Å². The molecule has 3 aromatic rings. The summed E-state index contributed by atoms with van der Waals surface area (Å²) in [5.41, 5.74) is 1.53. The molecule has 0 aliphatic heterocycles. The molecule has 3 nitrogen and oxygen atoms in total. The van der Waals surface area contributed by atoms with Crippen molar-refractivity contribution in [1.29, 1.82) is 0 Å². The van der Waals surface area contributed by atoms with E-state index < -0.39 is 11.6 Å². The first-order chi connectivity index (χ1) is 12.0. The molecule has 0 bridgehead atoms. The van der Waals surface area contributed by atoms with Crippen LogP contribution in [0.3, 0.4) is 0 Å².